The lowest BCUT2D eigenvalue weighted by atomic mass is 9.95. The van der Waals surface area contributed by atoms with E-state index in [1.165, 1.54) is 22.0 Å². The monoisotopic (exact) mass is 508 g/mol. The Hall–Kier alpha value is -4.05. The van der Waals surface area contributed by atoms with Crippen LogP contribution >= 0.6 is 11.3 Å². The lowest BCUT2D eigenvalue weighted by Crippen LogP contribution is -2.39. The molecule has 186 valence electrons. The molecule has 0 radical (unpaired) electrons. The molecule has 36 heavy (non-hydrogen) atoms. The molecule has 0 bridgehead atoms. The number of carbonyl (C=O) groups is 1. The van der Waals surface area contributed by atoms with Crippen molar-refractivity contribution in [2.45, 2.75) is 26.8 Å². The van der Waals surface area contributed by atoms with Gasteiger partial charge >= 0.3 is 5.97 Å². The van der Waals surface area contributed by atoms with Crippen LogP contribution in [0.2, 0.25) is 0 Å². The van der Waals surface area contributed by atoms with E-state index in [1.807, 2.05) is 13.0 Å². The number of aromatic hydroxyl groups is 1. The molecule has 1 aromatic heterocycles. The fraction of sp³-hybridized carbons (Fsp3) is 0.269. The highest BCUT2D eigenvalue weighted by atomic mass is 32.1. The van der Waals surface area contributed by atoms with E-state index in [0.29, 0.717) is 50.0 Å². The number of phenols is 1. The molecule has 5 rings (SSSR count). The summed E-state index contributed by atoms with van der Waals surface area (Å²) >= 11 is 1.22. The van der Waals surface area contributed by atoms with Crippen LogP contribution < -0.4 is 29.1 Å². The van der Waals surface area contributed by atoms with Gasteiger partial charge in [-0.1, -0.05) is 23.5 Å². The van der Waals surface area contributed by atoms with E-state index < -0.39 is 12.0 Å². The molecule has 10 heteroatoms. The quantitative estimate of drug-likeness (QED) is 0.510. The van der Waals surface area contributed by atoms with Crippen molar-refractivity contribution in [3.8, 4) is 23.0 Å². The summed E-state index contributed by atoms with van der Waals surface area (Å²) in [5.74, 6) is 0.961. The predicted molar refractivity (Wildman–Crippen MR) is 132 cm³/mol. The highest BCUT2D eigenvalue weighted by Gasteiger charge is 2.34. The Bertz CT molecular complexity index is 1570. The smallest absolute Gasteiger partial charge is 0.338 e. The molecule has 2 aliphatic rings. The maximum Gasteiger partial charge on any atom is 0.338 e. The van der Waals surface area contributed by atoms with Gasteiger partial charge < -0.3 is 24.1 Å². The van der Waals surface area contributed by atoms with Crippen molar-refractivity contribution in [1.29, 1.82) is 0 Å². The molecule has 3 aromatic rings. The zero-order chi connectivity index (χ0) is 25.4. The van der Waals surface area contributed by atoms with Gasteiger partial charge in [0.05, 0.1) is 35.1 Å². The van der Waals surface area contributed by atoms with Crippen LogP contribution in [0.3, 0.4) is 0 Å². The van der Waals surface area contributed by atoms with Crippen molar-refractivity contribution < 1.29 is 28.8 Å². The van der Waals surface area contributed by atoms with Gasteiger partial charge in [-0.3, -0.25) is 9.36 Å². The topological polar surface area (TPSA) is 109 Å². The first-order chi connectivity index (χ1) is 17.4. The van der Waals surface area contributed by atoms with Crippen LogP contribution in [0.5, 0.6) is 23.0 Å². The lowest BCUT2D eigenvalue weighted by molar-refractivity contribution is -0.139. The molecule has 0 fully saturated rings. The first kappa shape index (κ1) is 23.7. The molecule has 0 saturated heterocycles. The highest BCUT2D eigenvalue weighted by Crippen LogP contribution is 2.38. The maximum atomic E-state index is 13.7. The molecule has 2 aliphatic heterocycles. The largest absolute Gasteiger partial charge is 0.504 e. The third-order valence-corrected chi connectivity index (χ3v) is 6.79. The molecular formula is C26H24N2O7S. The second kappa shape index (κ2) is 9.54. The molecule has 1 N–H and O–H groups in total. The van der Waals surface area contributed by atoms with E-state index in [2.05, 4.69) is 4.99 Å². The minimum atomic E-state index is -0.754. The minimum absolute atomic E-state index is 0.0213. The van der Waals surface area contributed by atoms with Crippen LogP contribution in [0.4, 0.5) is 0 Å². The summed E-state index contributed by atoms with van der Waals surface area (Å²) in [7, 11) is 0. The Labute approximate surface area is 210 Å². The molecule has 0 unspecified atom stereocenters. The minimum Gasteiger partial charge on any atom is -0.504 e. The van der Waals surface area contributed by atoms with Crippen molar-refractivity contribution in [2.75, 3.05) is 20.0 Å². The number of rotatable bonds is 6. The van der Waals surface area contributed by atoms with Gasteiger partial charge in [0.2, 0.25) is 6.79 Å². The first-order valence-corrected chi connectivity index (χ1v) is 12.3. The molecule has 0 amide bonds. The normalized spacial score (nSPS) is 16.5. The molecule has 0 spiro atoms. The number of fused-ring (bicyclic) bond motifs is 2. The summed E-state index contributed by atoms with van der Waals surface area (Å²) in [5, 5.41) is 10.0. The summed E-state index contributed by atoms with van der Waals surface area (Å²) in [6, 6.07) is 9.47. The van der Waals surface area contributed by atoms with Crippen LogP contribution in [-0.4, -0.2) is 35.6 Å². The molecule has 9 nitrogen and oxygen atoms in total. The molecular weight excluding hydrogens is 484 g/mol. The number of esters is 1. The molecule has 0 aliphatic carbocycles. The number of aromatic nitrogens is 1. The second-order valence-corrected chi connectivity index (χ2v) is 9.08. The van der Waals surface area contributed by atoms with Crippen molar-refractivity contribution in [2.24, 2.45) is 4.99 Å². The van der Waals surface area contributed by atoms with E-state index in [9.17, 15) is 14.7 Å². The lowest BCUT2D eigenvalue weighted by Gasteiger charge is -2.24. The fourth-order valence-electron chi connectivity index (χ4n) is 4.23. The number of hydrogen-bond acceptors (Lipinski definition) is 9. The Morgan fingerprint density at radius 3 is 2.78 bits per heavy atom. The Kier molecular flexibility index (Phi) is 6.27. The summed E-state index contributed by atoms with van der Waals surface area (Å²) in [5.41, 5.74) is 1.82. The van der Waals surface area contributed by atoms with Gasteiger partial charge in [0.15, 0.2) is 27.8 Å². The maximum absolute atomic E-state index is 13.7. The van der Waals surface area contributed by atoms with Gasteiger partial charge in [-0.15, -0.1) is 0 Å². The number of allylic oxidation sites excluding steroid dienone is 1. The van der Waals surface area contributed by atoms with Crippen LogP contribution in [0.25, 0.3) is 6.08 Å². The van der Waals surface area contributed by atoms with Crippen LogP contribution in [-0.2, 0) is 9.53 Å². The summed E-state index contributed by atoms with van der Waals surface area (Å²) in [6.07, 6.45) is 1.71. The summed E-state index contributed by atoms with van der Waals surface area (Å²) in [4.78, 5) is 31.8. The number of benzene rings is 2. The van der Waals surface area contributed by atoms with E-state index >= 15 is 0 Å². The number of phenolic OH excluding ortho intramolecular Hbond substituents is 1. The van der Waals surface area contributed by atoms with Crippen molar-refractivity contribution >= 4 is 23.4 Å². The summed E-state index contributed by atoms with van der Waals surface area (Å²) in [6.45, 7) is 5.98. The molecule has 1 atom stereocenters. The SMILES string of the molecule is CCOC(=O)C1=C(C)N=c2sc(=Cc3ccc(O)c(OCC)c3)c(=O)n2[C@@H]1c1ccc2c(c1)OCO2. The third-order valence-electron chi connectivity index (χ3n) is 5.81. The standard InChI is InChI=1S/C26H24N2O7S/c1-4-32-19-10-15(6-8-17(19)29)11-21-24(30)28-23(16-7-9-18-20(12-16)35-13-34-18)22(25(31)33-5-2)14(3)27-26(28)36-21/h6-12,23,29H,4-5,13H2,1-3H3/t23-/m1/s1. The Morgan fingerprint density at radius 1 is 1.19 bits per heavy atom. The van der Waals surface area contributed by atoms with Gasteiger partial charge in [0, 0.05) is 0 Å². The average Bonchev–Trinajstić information content (AvgIpc) is 3.44. The summed E-state index contributed by atoms with van der Waals surface area (Å²) < 4.78 is 23.7. The Balaban J connectivity index is 1.69. The number of thiazole rings is 1. The van der Waals surface area contributed by atoms with E-state index in [1.54, 1.807) is 44.2 Å². The molecule has 2 aromatic carbocycles. The molecule has 0 saturated carbocycles. The number of hydrogen-bond donors (Lipinski definition) is 1. The van der Waals surface area contributed by atoms with E-state index in [-0.39, 0.29) is 30.3 Å². The number of ether oxygens (including phenoxy) is 4. The number of nitrogens with zero attached hydrogens (tertiary/aromatic N) is 2. The first-order valence-electron chi connectivity index (χ1n) is 11.5. The fourth-order valence-corrected chi connectivity index (χ4v) is 5.28. The number of carbonyl (C=O) groups excluding carboxylic acids is 1. The molecule has 3 heterocycles. The van der Waals surface area contributed by atoms with Crippen LogP contribution in [0.1, 0.15) is 37.9 Å². The van der Waals surface area contributed by atoms with Crippen molar-refractivity contribution in [1.82, 2.24) is 4.57 Å². The van der Waals surface area contributed by atoms with Gasteiger partial charge in [-0.05, 0) is 62.2 Å². The van der Waals surface area contributed by atoms with Gasteiger partial charge in [-0.25, -0.2) is 9.79 Å². The Morgan fingerprint density at radius 2 is 2.00 bits per heavy atom. The predicted octanol–water partition coefficient (Wildman–Crippen LogP) is 2.63. The van der Waals surface area contributed by atoms with Crippen LogP contribution in [0, 0.1) is 0 Å². The van der Waals surface area contributed by atoms with Crippen molar-refractivity contribution in [3.05, 3.63) is 78.5 Å². The second-order valence-electron chi connectivity index (χ2n) is 8.08. The van der Waals surface area contributed by atoms with Gasteiger partial charge in [0.1, 0.15) is 0 Å². The zero-order valence-electron chi connectivity index (χ0n) is 19.9. The highest BCUT2D eigenvalue weighted by molar-refractivity contribution is 7.07. The van der Waals surface area contributed by atoms with Crippen molar-refractivity contribution in [3.63, 3.8) is 0 Å². The van der Waals surface area contributed by atoms with E-state index in [4.69, 9.17) is 18.9 Å². The average molecular weight is 509 g/mol. The van der Waals surface area contributed by atoms with Gasteiger partial charge in [0.25, 0.3) is 5.56 Å². The van der Waals surface area contributed by atoms with E-state index in [0.717, 1.165) is 0 Å². The third kappa shape index (κ3) is 4.13. The van der Waals surface area contributed by atoms with Gasteiger partial charge in [-0.2, -0.15) is 0 Å². The van der Waals surface area contributed by atoms with Crippen LogP contribution in [0.15, 0.2) is 57.5 Å². The zero-order valence-corrected chi connectivity index (χ0v) is 20.8.